The number of rotatable bonds is 6. The second kappa shape index (κ2) is 8.85. The molecule has 0 radical (unpaired) electrons. The summed E-state index contributed by atoms with van der Waals surface area (Å²) in [4.78, 5) is 33.0. The average molecular weight is 451 g/mol. The molecule has 0 aliphatic heterocycles. The maximum atomic E-state index is 12.3. The Bertz CT molecular complexity index is 1130. The molecule has 3 N–H and O–H groups in total. The van der Waals surface area contributed by atoms with E-state index in [0.29, 0.717) is 22.9 Å². The van der Waals surface area contributed by atoms with Gasteiger partial charge in [-0.1, -0.05) is 23.2 Å². The molecule has 3 aromatic rings. The van der Waals surface area contributed by atoms with E-state index >= 15 is 0 Å². The first kappa shape index (κ1) is 21.8. The topological polar surface area (TPSA) is 124 Å². The van der Waals surface area contributed by atoms with Gasteiger partial charge in [0, 0.05) is 22.8 Å². The van der Waals surface area contributed by atoms with Gasteiger partial charge >= 0.3 is 5.97 Å². The van der Waals surface area contributed by atoms with Gasteiger partial charge in [-0.2, -0.15) is 9.50 Å². The summed E-state index contributed by atoms with van der Waals surface area (Å²) in [5.41, 5.74) is 8.37. The molecule has 0 fully saturated rings. The maximum absolute atomic E-state index is 12.3. The lowest BCUT2D eigenvalue weighted by Crippen LogP contribution is -2.30. The molecule has 0 saturated carbocycles. The highest BCUT2D eigenvalue weighted by Crippen LogP contribution is 2.25. The van der Waals surface area contributed by atoms with E-state index in [1.165, 1.54) is 17.5 Å². The Labute approximate surface area is 182 Å². The molecule has 0 spiro atoms. The summed E-state index contributed by atoms with van der Waals surface area (Å²) >= 11 is 11.9. The maximum Gasteiger partial charge on any atom is 0.306 e. The Hall–Kier alpha value is -2.91. The van der Waals surface area contributed by atoms with Crippen molar-refractivity contribution in [3.63, 3.8) is 0 Å². The number of nitrogen functional groups attached to an aromatic ring is 1. The van der Waals surface area contributed by atoms with Crippen LogP contribution in [-0.4, -0.2) is 37.6 Å². The first-order valence-corrected chi connectivity index (χ1v) is 9.85. The van der Waals surface area contributed by atoms with Crippen molar-refractivity contribution in [2.75, 3.05) is 11.1 Å². The second-order valence-electron chi connectivity index (χ2n) is 6.69. The quantitative estimate of drug-likeness (QED) is 0.552. The number of benzene rings is 1. The highest BCUT2D eigenvalue weighted by molar-refractivity contribution is 6.36. The fourth-order valence-corrected chi connectivity index (χ4v) is 3.40. The van der Waals surface area contributed by atoms with E-state index in [-0.39, 0.29) is 17.4 Å². The minimum absolute atomic E-state index is 0.0678. The van der Waals surface area contributed by atoms with Crippen LogP contribution in [0.3, 0.4) is 0 Å². The first-order valence-electron chi connectivity index (χ1n) is 9.09. The number of carbonyl (C=O) groups excluding carboxylic acids is 2. The van der Waals surface area contributed by atoms with E-state index in [9.17, 15) is 9.59 Å². The first-order chi connectivity index (χ1) is 14.2. The molecule has 2 aromatic heterocycles. The van der Waals surface area contributed by atoms with E-state index in [4.69, 9.17) is 33.7 Å². The number of nitrogens with two attached hydrogens (primary N) is 1. The fourth-order valence-electron chi connectivity index (χ4n) is 2.95. The number of carbonyl (C=O) groups is 2. The molecule has 9 nitrogen and oxygen atoms in total. The van der Waals surface area contributed by atoms with E-state index in [2.05, 4.69) is 20.4 Å². The summed E-state index contributed by atoms with van der Waals surface area (Å²) in [6.45, 7) is 5.16. The minimum Gasteiger partial charge on any atom is -0.453 e. The SMILES string of the molecule is Cc1nc2nc(N)nn2c(C)c1CCC(=O)OC(C)C(=O)Nc1ccc(Cl)cc1Cl. The number of amides is 1. The van der Waals surface area contributed by atoms with Gasteiger partial charge in [-0.15, -0.1) is 5.10 Å². The number of aromatic nitrogens is 4. The molecule has 1 aromatic carbocycles. The minimum atomic E-state index is -0.998. The molecule has 30 heavy (non-hydrogen) atoms. The van der Waals surface area contributed by atoms with Crippen molar-refractivity contribution in [2.45, 2.75) is 39.7 Å². The van der Waals surface area contributed by atoms with Crippen LogP contribution in [0, 0.1) is 13.8 Å². The van der Waals surface area contributed by atoms with Gasteiger partial charge in [-0.25, -0.2) is 4.98 Å². The molecule has 0 aliphatic carbocycles. The Morgan fingerprint density at radius 1 is 1.27 bits per heavy atom. The number of anilines is 2. The molecule has 1 atom stereocenters. The molecule has 1 unspecified atom stereocenters. The predicted octanol–water partition coefficient (Wildman–Crippen LogP) is 3.13. The summed E-state index contributed by atoms with van der Waals surface area (Å²) in [5.74, 6) is -0.486. The van der Waals surface area contributed by atoms with Gasteiger partial charge in [0.2, 0.25) is 5.95 Å². The van der Waals surface area contributed by atoms with Crippen molar-refractivity contribution in [2.24, 2.45) is 0 Å². The van der Waals surface area contributed by atoms with Crippen LogP contribution in [0.4, 0.5) is 11.6 Å². The normalized spacial score (nSPS) is 12.0. The van der Waals surface area contributed by atoms with Crippen molar-refractivity contribution in [3.05, 3.63) is 45.2 Å². The number of esters is 1. The predicted molar refractivity (Wildman–Crippen MR) is 114 cm³/mol. The zero-order chi connectivity index (χ0) is 22.0. The molecule has 0 saturated heterocycles. The highest BCUT2D eigenvalue weighted by atomic mass is 35.5. The molecule has 0 aliphatic rings. The summed E-state index contributed by atoms with van der Waals surface area (Å²) in [6.07, 6.45) is -0.559. The Balaban J connectivity index is 1.60. The summed E-state index contributed by atoms with van der Waals surface area (Å²) in [6, 6.07) is 4.67. The van der Waals surface area contributed by atoms with Crippen LogP contribution >= 0.6 is 23.2 Å². The number of nitrogens with one attached hydrogen (secondary N) is 1. The molecule has 3 rings (SSSR count). The third-order valence-corrected chi connectivity index (χ3v) is 5.06. The lowest BCUT2D eigenvalue weighted by Gasteiger charge is -2.15. The standard InChI is InChI=1S/C19H20Cl2N6O3/c1-9-13(10(2)27-19(23-9)25-18(22)26-27)5-7-16(28)30-11(3)17(29)24-15-6-4-12(20)8-14(15)21/h4,6,8,11H,5,7H2,1-3H3,(H2,22,26)(H,24,29). The Kier molecular flexibility index (Phi) is 6.42. The lowest BCUT2D eigenvalue weighted by atomic mass is 10.1. The monoisotopic (exact) mass is 450 g/mol. The van der Waals surface area contributed by atoms with Crippen LogP contribution < -0.4 is 11.1 Å². The van der Waals surface area contributed by atoms with Crippen LogP contribution in [-0.2, 0) is 20.7 Å². The van der Waals surface area contributed by atoms with Gasteiger partial charge in [0.15, 0.2) is 6.10 Å². The Morgan fingerprint density at radius 3 is 2.70 bits per heavy atom. The molecule has 11 heteroatoms. The summed E-state index contributed by atoms with van der Waals surface area (Å²) in [5, 5.41) is 7.45. The fraction of sp³-hybridized carbons (Fsp3) is 0.316. The van der Waals surface area contributed by atoms with Gasteiger partial charge in [0.25, 0.3) is 11.7 Å². The van der Waals surface area contributed by atoms with Crippen molar-refractivity contribution in [3.8, 4) is 0 Å². The van der Waals surface area contributed by atoms with E-state index in [1.807, 2.05) is 13.8 Å². The third-order valence-electron chi connectivity index (χ3n) is 4.51. The van der Waals surface area contributed by atoms with Gasteiger partial charge in [-0.3, -0.25) is 9.59 Å². The highest BCUT2D eigenvalue weighted by Gasteiger charge is 2.20. The van der Waals surface area contributed by atoms with Gasteiger partial charge in [0.1, 0.15) is 0 Å². The van der Waals surface area contributed by atoms with Crippen molar-refractivity contribution in [1.29, 1.82) is 0 Å². The third kappa shape index (κ3) is 4.80. The molecule has 2 heterocycles. The number of ether oxygens (including phenoxy) is 1. The number of hydrogen-bond donors (Lipinski definition) is 2. The van der Waals surface area contributed by atoms with Crippen LogP contribution in [0.15, 0.2) is 18.2 Å². The number of fused-ring (bicyclic) bond motifs is 1. The van der Waals surface area contributed by atoms with Crippen LogP contribution in [0.25, 0.3) is 5.78 Å². The van der Waals surface area contributed by atoms with E-state index in [0.717, 1.165) is 17.0 Å². The summed E-state index contributed by atoms with van der Waals surface area (Å²) in [7, 11) is 0. The number of nitrogens with zero attached hydrogens (tertiary/aromatic N) is 4. The van der Waals surface area contributed by atoms with Gasteiger partial charge < -0.3 is 15.8 Å². The smallest absolute Gasteiger partial charge is 0.306 e. The van der Waals surface area contributed by atoms with E-state index < -0.39 is 18.0 Å². The molecular weight excluding hydrogens is 431 g/mol. The largest absolute Gasteiger partial charge is 0.453 e. The van der Waals surface area contributed by atoms with Crippen molar-refractivity contribution < 1.29 is 14.3 Å². The van der Waals surface area contributed by atoms with Crippen LogP contribution in [0.1, 0.15) is 30.3 Å². The van der Waals surface area contributed by atoms with Crippen LogP contribution in [0.2, 0.25) is 10.0 Å². The van der Waals surface area contributed by atoms with Crippen molar-refractivity contribution in [1.82, 2.24) is 19.6 Å². The number of halogens is 2. The Morgan fingerprint density at radius 2 is 2.00 bits per heavy atom. The summed E-state index contributed by atoms with van der Waals surface area (Å²) < 4.78 is 6.78. The lowest BCUT2D eigenvalue weighted by molar-refractivity contribution is -0.153. The van der Waals surface area contributed by atoms with Gasteiger partial charge in [0.05, 0.1) is 10.7 Å². The van der Waals surface area contributed by atoms with Crippen molar-refractivity contribution >= 4 is 52.5 Å². The zero-order valence-corrected chi connectivity index (χ0v) is 18.1. The number of aryl methyl sites for hydroxylation is 2. The number of hydrogen-bond acceptors (Lipinski definition) is 7. The van der Waals surface area contributed by atoms with Crippen LogP contribution in [0.5, 0.6) is 0 Å². The molecule has 0 bridgehead atoms. The second-order valence-corrected chi connectivity index (χ2v) is 7.53. The van der Waals surface area contributed by atoms with Gasteiger partial charge in [-0.05, 0) is 51.0 Å². The average Bonchev–Trinajstić information content (AvgIpc) is 3.04. The molecule has 158 valence electrons. The molecule has 1 amide bonds. The zero-order valence-electron chi connectivity index (χ0n) is 16.6. The molecular formula is C19H20Cl2N6O3. The van der Waals surface area contributed by atoms with E-state index in [1.54, 1.807) is 12.1 Å².